The molecule has 0 unspecified atom stereocenters. The van der Waals surface area contributed by atoms with Crippen molar-refractivity contribution in [2.75, 3.05) is 26.2 Å². The second-order valence-corrected chi connectivity index (χ2v) is 5.75. The van der Waals surface area contributed by atoms with Crippen molar-refractivity contribution in [1.29, 1.82) is 0 Å². The lowest BCUT2D eigenvalue weighted by atomic mass is 10.2. The molecule has 0 bridgehead atoms. The van der Waals surface area contributed by atoms with Crippen molar-refractivity contribution in [3.8, 4) is 0 Å². The van der Waals surface area contributed by atoms with E-state index in [2.05, 4.69) is 26.6 Å². The standard InChI is InChI=1S/C14H18BrN3O2.ClH/c1-10-8-16-5-6-18(10)13(19)9-17-14(20)11-3-2-4-12(15)7-11;/h2-4,7,10,16H,5-6,8-9H2,1H3,(H,17,20);1H/t10-;/m1./s1. The van der Waals surface area contributed by atoms with Crippen LogP contribution in [0.2, 0.25) is 0 Å². The second kappa shape index (κ2) is 8.36. The summed E-state index contributed by atoms with van der Waals surface area (Å²) >= 11 is 3.32. The lowest BCUT2D eigenvalue weighted by Crippen LogP contribution is -2.54. The number of benzene rings is 1. The van der Waals surface area contributed by atoms with E-state index in [1.54, 1.807) is 23.1 Å². The summed E-state index contributed by atoms with van der Waals surface area (Å²) in [6.07, 6.45) is 0. The van der Waals surface area contributed by atoms with E-state index < -0.39 is 0 Å². The van der Waals surface area contributed by atoms with E-state index in [0.29, 0.717) is 12.1 Å². The van der Waals surface area contributed by atoms with E-state index in [1.165, 1.54) is 0 Å². The minimum atomic E-state index is -0.234. The molecule has 0 aliphatic carbocycles. The van der Waals surface area contributed by atoms with Gasteiger partial charge in [0.25, 0.3) is 5.91 Å². The zero-order valence-electron chi connectivity index (χ0n) is 11.8. The molecular weight excluding hydrogens is 358 g/mol. The third-order valence-corrected chi connectivity index (χ3v) is 3.80. The van der Waals surface area contributed by atoms with Crippen LogP contribution in [0.25, 0.3) is 0 Å². The van der Waals surface area contributed by atoms with E-state index in [9.17, 15) is 9.59 Å². The first-order valence-electron chi connectivity index (χ1n) is 6.62. The van der Waals surface area contributed by atoms with Crippen LogP contribution in [-0.2, 0) is 4.79 Å². The third-order valence-electron chi connectivity index (χ3n) is 3.31. The largest absolute Gasteiger partial charge is 0.343 e. The Bertz CT molecular complexity index is 513. The van der Waals surface area contributed by atoms with Gasteiger partial charge in [0, 0.05) is 35.7 Å². The van der Waals surface area contributed by atoms with Crippen LogP contribution in [0, 0.1) is 0 Å². The summed E-state index contributed by atoms with van der Waals surface area (Å²) in [5.74, 6) is -0.273. The van der Waals surface area contributed by atoms with Gasteiger partial charge in [-0.3, -0.25) is 9.59 Å². The predicted octanol–water partition coefficient (Wildman–Crippen LogP) is 1.42. The first kappa shape index (κ1) is 17.9. The lowest BCUT2D eigenvalue weighted by Gasteiger charge is -2.34. The summed E-state index contributed by atoms with van der Waals surface area (Å²) in [5.41, 5.74) is 0.542. The van der Waals surface area contributed by atoms with Crippen molar-refractivity contribution in [2.24, 2.45) is 0 Å². The van der Waals surface area contributed by atoms with Crippen LogP contribution in [-0.4, -0.2) is 48.9 Å². The fourth-order valence-corrected chi connectivity index (χ4v) is 2.60. The normalized spacial score (nSPS) is 17.8. The highest BCUT2D eigenvalue weighted by atomic mass is 79.9. The summed E-state index contributed by atoms with van der Waals surface area (Å²) in [6, 6.07) is 7.26. The van der Waals surface area contributed by atoms with Crippen molar-refractivity contribution >= 4 is 40.2 Å². The number of hydrogen-bond acceptors (Lipinski definition) is 3. The van der Waals surface area contributed by atoms with Crippen molar-refractivity contribution in [3.63, 3.8) is 0 Å². The summed E-state index contributed by atoms with van der Waals surface area (Å²) in [7, 11) is 0. The molecule has 1 fully saturated rings. The number of carbonyl (C=O) groups excluding carboxylic acids is 2. The summed E-state index contributed by atoms with van der Waals surface area (Å²) < 4.78 is 0.840. The third kappa shape index (κ3) is 4.98. The monoisotopic (exact) mass is 375 g/mol. The highest BCUT2D eigenvalue weighted by molar-refractivity contribution is 9.10. The molecule has 1 aromatic rings. The van der Waals surface area contributed by atoms with E-state index in [1.807, 2.05) is 13.0 Å². The zero-order chi connectivity index (χ0) is 14.5. The van der Waals surface area contributed by atoms with Gasteiger partial charge in [0.1, 0.15) is 0 Å². The van der Waals surface area contributed by atoms with E-state index in [4.69, 9.17) is 0 Å². The number of nitrogens with zero attached hydrogens (tertiary/aromatic N) is 1. The minimum absolute atomic E-state index is 0. The van der Waals surface area contributed by atoms with Gasteiger partial charge in [-0.05, 0) is 25.1 Å². The van der Waals surface area contributed by atoms with Crippen LogP contribution >= 0.6 is 28.3 Å². The maximum Gasteiger partial charge on any atom is 0.251 e. The molecule has 0 aromatic heterocycles. The van der Waals surface area contributed by atoms with E-state index >= 15 is 0 Å². The van der Waals surface area contributed by atoms with Crippen molar-refractivity contribution in [1.82, 2.24) is 15.5 Å². The first-order chi connectivity index (χ1) is 9.58. The Kier molecular flexibility index (Phi) is 7.14. The molecular formula is C14H19BrClN3O2. The number of hydrogen-bond donors (Lipinski definition) is 2. The smallest absolute Gasteiger partial charge is 0.251 e. The number of piperazine rings is 1. The van der Waals surface area contributed by atoms with Crippen LogP contribution in [0.4, 0.5) is 0 Å². The SMILES string of the molecule is C[C@@H]1CNCCN1C(=O)CNC(=O)c1cccc(Br)c1.Cl. The van der Waals surface area contributed by atoms with Gasteiger partial charge in [0.15, 0.2) is 0 Å². The van der Waals surface area contributed by atoms with Gasteiger partial charge in [0.05, 0.1) is 6.54 Å². The van der Waals surface area contributed by atoms with Gasteiger partial charge >= 0.3 is 0 Å². The van der Waals surface area contributed by atoms with Crippen molar-refractivity contribution in [3.05, 3.63) is 34.3 Å². The molecule has 0 radical (unpaired) electrons. The van der Waals surface area contributed by atoms with Gasteiger partial charge in [0.2, 0.25) is 5.91 Å². The van der Waals surface area contributed by atoms with Gasteiger partial charge in [-0.15, -0.1) is 12.4 Å². The molecule has 1 saturated heterocycles. The van der Waals surface area contributed by atoms with Crippen molar-refractivity contribution in [2.45, 2.75) is 13.0 Å². The number of nitrogens with one attached hydrogen (secondary N) is 2. The molecule has 0 spiro atoms. The molecule has 1 aliphatic rings. The van der Waals surface area contributed by atoms with Crippen LogP contribution in [0.5, 0.6) is 0 Å². The number of halogens is 2. The Balaban J connectivity index is 0.00000220. The predicted molar refractivity (Wildman–Crippen MR) is 87.8 cm³/mol. The summed E-state index contributed by atoms with van der Waals surface area (Å²) in [5, 5.41) is 5.90. The zero-order valence-corrected chi connectivity index (χ0v) is 14.2. The number of amides is 2. The molecule has 0 saturated carbocycles. The molecule has 2 rings (SSSR count). The Morgan fingerprint density at radius 1 is 1.48 bits per heavy atom. The van der Waals surface area contributed by atoms with Gasteiger partial charge in [-0.25, -0.2) is 0 Å². The maximum absolute atomic E-state index is 12.1. The highest BCUT2D eigenvalue weighted by Crippen LogP contribution is 2.11. The van der Waals surface area contributed by atoms with Crippen LogP contribution in [0.15, 0.2) is 28.7 Å². The maximum atomic E-state index is 12.1. The molecule has 1 atom stereocenters. The second-order valence-electron chi connectivity index (χ2n) is 4.83. The first-order valence-corrected chi connectivity index (χ1v) is 7.41. The van der Waals surface area contributed by atoms with Crippen LogP contribution in [0.1, 0.15) is 17.3 Å². The molecule has 116 valence electrons. The minimum Gasteiger partial charge on any atom is -0.343 e. The van der Waals surface area contributed by atoms with Gasteiger partial charge < -0.3 is 15.5 Å². The summed E-state index contributed by atoms with van der Waals surface area (Å²) in [6.45, 7) is 4.32. The van der Waals surface area contributed by atoms with Gasteiger partial charge in [-0.2, -0.15) is 0 Å². The summed E-state index contributed by atoms with van der Waals surface area (Å²) in [4.78, 5) is 25.8. The van der Waals surface area contributed by atoms with Crippen LogP contribution < -0.4 is 10.6 Å². The molecule has 1 heterocycles. The topological polar surface area (TPSA) is 61.4 Å². The molecule has 5 nitrogen and oxygen atoms in total. The number of carbonyl (C=O) groups is 2. The molecule has 2 amide bonds. The van der Waals surface area contributed by atoms with Crippen LogP contribution in [0.3, 0.4) is 0 Å². The highest BCUT2D eigenvalue weighted by Gasteiger charge is 2.23. The lowest BCUT2D eigenvalue weighted by molar-refractivity contribution is -0.132. The van der Waals surface area contributed by atoms with E-state index in [0.717, 1.165) is 17.6 Å². The van der Waals surface area contributed by atoms with E-state index in [-0.39, 0.29) is 36.8 Å². The molecule has 21 heavy (non-hydrogen) atoms. The molecule has 7 heteroatoms. The Labute approximate surface area is 139 Å². The van der Waals surface area contributed by atoms with Crippen molar-refractivity contribution < 1.29 is 9.59 Å². The fraction of sp³-hybridized carbons (Fsp3) is 0.429. The number of rotatable bonds is 3. The Hall–Kier alpha value is -1.11. The quantitative estimate of drug-likeness (QED) is 0.839. The molecule has 1 aromatic carbocycles. The average Bonchev–Trinajstić information content (AvgIpc) is 2.45. The molecule has 1 aliphatic heterocycles. The average molecular weight is 377 g/mol. The molecule has 2 N–H and O–H groups in total. The fourth-order valence-electron chi connectivity index (χ4n) is 2.20. The Morgan fingerprint density at radius 2 is 2.24 bits per heavy atom. The Morgan fingerprint density at radius 3 is 2.90 bits per heavy atom. The van der Waals surface area contributed by atoms with Gasteiger partial charge in [-0.1, -0.05) is 22.0 Å².